The number of nitrogens with zero attached hydrogens (tertiary/aromatic N) is 1. The molecule has 0 saturated heterocycles. The predicted molar refractivity (Wildman–Crippen MR) is 31.5 cm³/mol. The lowest BCUT2D eigenvalue weighted by Crippen LogP contribution is -1.94. The van der Waals surface area contributed by atoms with Crippen LogP contribution in [0.2, 0.25) is 0 Å². The van der Waals surface area contributed by atoms with Gasteiger partial charge in [0.2, 0.25) is 0 Å². The lowest BCUT2D eigenvalue weighted by Gasteiger charge is -1.75. The van der Waals surface area contributed by atoms with Crippen molar-refractivity contribution in [2.75, 3.05) is 5.73 Å². The van der Waals surface area contributed by atoms with E-state index in [2.05, 4.69) is 4.98 Å². The van der Waals surface area contributed by atoms with E-state index in [4.69, 9.17) is 5.73 Å². The van der Waals surface area contributed by atoms with Crippen molar-refractivity contribution in [1.82, 2.24) is 4.98 Å². The van der Waals surface area contributed by atoms with Gasteiger partial charge in [-0.1, -0.05) is 0 Å². The number of rotatable bonds is 1. The second kappa shape index (κ2) is 2.02. The summed E-state index contributed by atoms with van der Waals surface area (Å²) < 4.78 is 0. The van der Waals surface area contributed by atoms with Gasteiger partial charge in [0.1, 0.15) is 0 Å². The first-order valence-corrected chi connectivity index (χ1v) is 3.00. The molecule has 0 aromatic carbocycles. The number of anilines is 1. The molecule has 0 saturated carbocycles. The average molecular weight is 143 g/mol. The minimum absolute atomic E-state index is 0.0995. The number of hydrogen-bond donors (Lipinski definition) is 1. The van der Waals surface area contributed by atoms with Crippen LogP contribution in [0.3, 0.4) is 0 Å². The van der Waals surface area contributed by atoms with E-state index in [0.717, 1.165) is 11.3 Å². The van der Waals surface area contributed by atoms with Crippen molar-refractivity contribution in [2.24, 2.45) is 0 Å². The summed E-state index contributed by atoms with van der Waals surface area (Å²) in [6.45, 7) is 0. The Hall–Kier alpha value is -1.10. The third kappa shape index (κ3) is 1.17. The predicted octanol–water partition coefficient (Wildman–Crippen LogP) is 0.296. The Labute approximate surface area is 55.0 Å². The van der Waals surface area contributed by atoms with Gasteiger partial charge in [-0.15, -0.1) is 11.3 Å². The second-order valence-electron chi connectivity index (χ2n) is 1.36. The molecule has 0 amide bonds. The lowest BCUT2D eigenvalue weighted by molar-refractivity contribution is 0.0567. The Bertz CT molecular complexity index is 232. The zero-order chi connectivity index (χ0) is 6.85. The van der Waals surface area contributed by atoms with Gasteiger partial charge in [0.05, 0.1) is 0 Å². The maximum atomic E-state index is 9.99. The first-order valence-electron chi connectivity index (χ1n) is 2.12. The fourth-order valence-corrected chi connectivity index (χ4v) is 0.914. The molecule has 1 heterocycles. The van der Waals surface area contributed by atoms with Gasteiger partial charge in [-0.05, 0) is 0 Å². The third-order valence-corrected chi connectivity index (χ3v) is 1.40. The summed E-state index contributed by atoms with van der Waals surface area (Å²) in [5.74, 6) is -1.29. The lowest BCUT2D eigenvalue weighted by atomic mass is 10.5. The Balaban J connectivity index is 2.98. The van der Waals surface area contributed by atoms with Gasteiger partial charge in [-0.25, -0.2) is 14.9 Å². The van der Waals surface area contributed by atoms with E-state index in [1.165, 1.54) is 5.38 Å². The molecule has 4 nitrogen and oxygen atoms in total. The number of hydrogen-bond acceptors (Lipinski definition) is 4. The third-order valence-electron chi connectivity index (χ3n) is 0.731. The normalized spacial score (nSPS) is 9.33. The molecule has 0 atom stereocenters. The van der Waals surface area contributed by atoms with Crippen molar-refractivity contribution in [1.29, 1.82) is 0 Å². The van der Waals surface area contributed by atoms with Crippen LogP contribution in [0.5, 0.6) is 0 Å². The highest BCUT2D eigenvalue weighted by Crippen LogP contribution is 2.10. The first kappa shape index (κ1) is 6.03. The highest BCUT2D eigenvalue weighted by Gasteiger charge is 2.07. The highest BCUT2D eigenvalue weighted by atomic mass is 32.1. The average Bonchev–Trinajstić information content (AvgIpc) is 2.14. The Kier molecular flexibility index (Phi) is 1.35. The SMILES string of the molecule is Nc1nc(C([O])=O)cs1. The summed E-state index contributed by atoms with van der Waals surface area (Å²) >= 11 is 1.08. The minimum atomic E-state index is -1.29. The molecule has 5 heteroatoms. The number of nitrogens with two attached hydrogens (primary N) is 1. The molecule has 2 N–H and O–H groups in total. The summed E-state index contributed by atoms with van der Waals surface area (Å²) in [7, 11) is 0. The van der Waals surface area contributed by atoms with Gasteiger partial charge < -0.3 is 5.73 Å². The van der Waals surface area contributed by atoms with Crippen LogP contribution in [0.4, 0.5) is 5.13 Å². The fourth-order valence-electron chi connectivity index (χ4n) is 0.381. The molecule has 0 fully saturated rings. The van der Waals surface area contributed by atoms with Crippen LogP contribution in [-0.4, -0.2) is 11.0 Å². The zero-order valence-electron chi connectivity index (χ0n) is 4.33. The molecule has 0 unspecified atom stereocenters. The van der Waals surface area contributed by atoms with Crippen molar-refractivity contribution in [3.63, 3.8) is 0 Å². The minimum Gasteiger partial charge on any atom is -0.375 e. The highest BCUT2D eigenvalue weighted by molar-refractivity contribution is 7.13. The zero-order valence-corrected chi connectivity index (χ0v) is 5.14. The molecule has 1 aromatic rings. The van der Waals surface area contributed by atoms with Crippen LogP contribution in [0, 0.1) is 0 Å². The van der Waals surface area contributed by atoms with E-state index >= 15 is 0 Å². The van der Waals surface area contributed by atoms with Crippen LogP contribution in [-0.2, 0) is 5.11 Å². The maximum Gasteiger partial charge on any atom is 0.405 e. The Morgan fingerprint density at radius 2 is 2.44 bits per heavy atom. The standard InChI is InChI=1S/C4H3N2O2S/c5-4-6-2(1-9-4)3(7)8/h1H,(H2,5,6). The van der Waals surface area contributed by atoms with Gasteiger partial charge in [0.15, 0.2) is 10.8 Å². The molecule has 1 radical (unpaired) electrons. The number of aromatic nitrogens is 1. The number of thiazole rings is 1. The van der Waals surface area contributed by atoms with Crippen LogP contribution in [0.1, 0.15) is 10.5 Å². The van der Waals surface area contributed by atoms with Crippen LogP contribution >= 0.6 is 11.3 Å². The van der Waals surface area contributed by atoms with Crippen molar-refractivity contribution < 1.29 is 9.90 Å². The molecule has 0 bridgehead atoms. The molecule has 1 aromatic heterocycles. The van der Waals surface area contributed by atoms with Gasteiger partial charge in [-0.3, -0.25) is 0 Å². The number of carbonyl (C=O) groups is 1. The monoisotopic (exact) mass is 143 g/mol. The summed E-state index contributed by atoms with van der Waals surface area (Å²) in [5, 5.41) is 11.6. The van der Waals surface area contributed by atoms with Gasteiger partial charge >= 0.3 is 5.97 Å². The summed E-state index contributed by atoms with van der Waals surface area (Å²) in [6, 6.07) is 0. The first-order chi connectivity index (χ1) is 4.20. The summed E-state index contributed by atoms with van der Waals surface area (Å²) in [4.78, 5) is 13.4. The Morgan fingerprint density at radius 3 is 2.67 bits per heavy atom. The van der Waals surface area contributed by atoms with E-state index < -0.39 is 5.97 Å². The van der Waals surface area contributed by atoms with Gasteiger partial charge in [0, 0.05) is 5.38 Å². The molecule has 0 aliphatic heterocycles. The molecule has 0 aliphatic carbocycles. The fraction of sp³-hybridized carbons (Fsp3) is 0. The number of nitrogen functional groups attached to an aromatic ring is 1. The maximum absolute atomic E-state index is 9.99. The van der Waals surface area contributed by atoms with Crippen LogP contribution in [0.15, 0.2) is 5.38 Å². The van der Waals surface area contributed by atoms with Crippen molar-refractivity contribution >= 4 is 22.4 Å². The molecule has 9 heavy (non-hydrogen) atoms. The van der Waals surface area contributed by atoms with Crippen LogP contribution in [0.25, 0.3) is 0 Å². The van der Waals surface area contributed by atoms with Crippen molar-refractivity contribution in [3.05, 3.63) is 11.1 Å². The molecule has 0 spiro atoms. The van der Waals surface area contributed by atoms with E-state index in [1.807, 2.05) is 0 Å². The second-order valence-corrected chi connectivity index (χ2v) is 2.25. The molecular weight excluding hydrogens is 140 g/mol. The van der Waals surface area contributed by atoms with E-state index in [0.29, 0.717) is 0 Å². The van der Waals surface area contributed by atoms with Crippen molar-refractivity contribution in [2.45, 2.75) is 0 Å². The molecule has 1 rings (SSSR count). The smallest absolute Gasteiger partial charge is 0.375 e. The number of carbonyl (C=O) groups excluding carboxylic acids is 1. The summed E-state index contributed by atoms with van der Waals surface area (Å²) in [6.07, 6.45) is 0. The molecule has 47 valence electrons. The largest absolute Gasteiger partial charge is 0.405 e. The Morgan fingerprint density at radius 1 is 1.78 bits per heavy atom. The van der Waals surface area contributed by atoms with E-state index in [1.54, 1.807) is 0 Å². The topological polar surface area (TPSA) is 75.9 Å². The molecular formula is C4H3N2O2S. The van der Waals surface area contributed by atoms with E-state index in [9.17, 15) is 9.90 Å². The van der Waals surface area contributed by atoms with Crippen LogP contribution < -0.4 is 5.73 Å². The summed E-state index contributed by atoms with van der Waals surface area (Å²) in [5.41, 5.74) is 5.03. The molecule has 0 aliphatic rings. The van der Waals surface area contributed by atoms with Gasteiger partial charge in [0.25, 0.3) is 0 Å². The van der Waals surface area contributed by atoms with Gasteiger partial charge in [-0.2, -0.15) is 0 Å². The van der Waals surface area contributed by atoms with E-state index in [-0.39, 0.29) is 10.8 Å². The van der Waals surface area contributed by atoms with Crippen molar-refractivity contribution in [3.8, 4) is 0 Å². The quantitative estimate of drug-likeness (QED) is 0.614.